The van der Waals surface area contributed by atoms with E-state index in [0.29, 0.717) is 29.0 Å². The molecule has 3 rings (SSSR count). The summed E-state index contributed by atoms with van der Waals surface area (Å²) in [5, 5.41) is 5.32. The normalized spacial score (nSPS) is 16.1. The third-order valence-electron chi connectivity index (χ3n) is 4.68. The molecule has 7 heteroatoms. The molecule has 2 aromatic rings. The molecule has 2 aromatic carbocycles. The maximum atomic E-state index is 14.1. The second kappa shape index (κ2) is 8.86. The SMILES string of the molecule is CCCOc1cc(NC(=O)C2=CNC(=O)C[C@H]2c2ccc(F)cc2)c(C)cc1F. The van der Waals surface area contributed by atoms with Gasteiger partial charge in [0.15, 0.2) is 11.6 Å². The number of anilines is 1. The molecule has 0 spiro atoms. The number of halogens is 2. The van der Waals surface area contributed by atoms with E-state index in [2.05, 4.69) is 10.6 Å². The average Bonchev–Trinajstić information content (AvgIpc) is 2.69. The van der Waals surface area contributed by atoms with E-state index in [-0.39, 0.29) is 18.1 Å². The van der Waals surface area contributed by atoms with Crippen molar-refractivity contribution in [2.45, 2.75) is 32.6 Å². The van der Waals surface area contributed by atoms with Crippen molar-refractivity contribution < 1.29 is 23.1 Å². The van der Waals surface area contributed by atoms with Gasteiger partial charge in [0.1, 0.15) is 5.82 Å². The van der Waals surface area contributed by atoms with Gasteiger partial charge in [0.25, 0.3) is 5.91 Å². The Hall–Kier alpha value is -3.22. The van der Waals surface area contributed by atoms with Crippen molar-refractivity contribution in [3.05, 3.63) is 70.9 Å². The summed E-state index contributed by atoms with van der Waals surface area (Å²) in [4.78, 5) is 24.8. The minimum atomic E-state index is -0.513. The first-order valence-electron chi connectivity index (χ1n) is 9.38. The number of ether oxygens (including phenoxy) is 1. The molecule has 0 aromatic heterocycles. The highest BCUT2D eigenvalue weighted by molar-refractivity contribution is 6.06. The molecule has 0 radical (unpaired) electrons. The van der Waals surface area contributed by atoms with Crippen molar-refractivity contribution in [1.82, 2.24) is 5.32 Å². The lowest BCUT2D eigenvalue weighted by Crippen LogP contribution is -2.32. The summed E-state index contributed by atoms with van der Waals surface area (Å²) in [7, 11) is 0. The minimum absolute atomic E-state index is 0.0637. The third kappa shape index (κ3) is 4.80. The molecule has 1 aliphatic rings. The van der Waals surface area contributed by atoms with Crippen LogP contribution in [-0.4, -0.2) is 18.4 Å². The van der Waals surface area contributed by atoms with Gasteiger partial charge in [0.05, 0.1) is 6.61 Å². The highest BCUT2D eigenvalue weighted by Crippen LogP contribution is 2.32. The largest absolute Gasteiger partial charge is 0.490 e. The smallest absolute Gasteiger partial charge is 0.253 e. The van der Waals surface area contributed by atoms with Crippen LogP contribution in [0.4, 0.5) is 14.5 Å². The first-order valence-corrected chi connectivity index (χ1v) is 9.38. The van der Waals surface area contributed by atoms with Gasteiger partial charge in [-0.25, -0.2) is 8.78 Å². The Morgan fingerprint density at radius 3 is 2.66 bits per heavy atom. The Morgan fingerprint density at radius 2 is 1.97 bits per heavy atom. The molecule has 0 unspecified atom stereocenters. The van der Waals surface area contributed by atoms with Crippen LogP contribution in [0.25, 0.3) is 0 Å². The summed E-state index contributed by atoms with van der Waals surface area (Å²) in [6, 6.07) is 8.44. The lowest BCUT2D eigenvalue weighted by Gasteiger charge is -2.24. The molecule has 1 atom stereocenters. The standard InChI is InChI=1S/C22H22F2N2O3/c1-3-8-29-20-11-19(13(2)9-18(20)24)26-22(28)17-12-25-21(27)10-16(17)14-4-6-15(23)7-5-14/h4-7,9,11-12,16H,3,8,10H2,1-2H3,(H,25,27)(H,26,28)/t16-/m0/s1. The second-order valence-electron chi connectivity index (χ2n) is 6.88. The first-order chi connectivity index (χ1) is 13.9. The predicted octanol–water partition coefficient (Wildman–Crippen LogP) is 4.19. The van der Waals surface area contributed by atoms with E-state index in [1.807, 2.05) is 6.92 Å². The van der Waals surface area contributed by atoms with E-state index >= 15 is 0 Å². The number of carbonyl (C=O) groups excluding carboxylic acids is 2. The average molecular weight is 400 g/mol. The van der Waals surface area contributed by atoms with Crippen molar-refractivity contribution in [3.63, 3.8) is 0 Å². The van der Waals surface area contributed by atoms with E-state index in [0.717, 1.165) is 6.42 Å². The van der Waals surface area contributed by atoms with Crippen LogP contribution in [0.5, 0.6) is 5.75 Å². The van der Waals surface area contributed by atoms with Gasteiger partial charge in [0.2, 0.25) is 5.91 Å². The zero-order valence-electron chi connectivity index (χ0n) is 16.2. The highest BCUT2D eigenvalue weighted by Gasteiger charge is 2.29. The van der Waals surface area contributed by atoms with Crippen molar-refractivity contribution in [2.24, 2.45) is 0 Å². The second-order valence-corrected chi connectivity index (χ2v) is 6.88. The summed E-state index contributed by atoms with van der Waals surface area (Å²) in [5.41, 5.74) is 1.94. The Morgan fingerprint density at radius 1 is 1.24 bits per heavy atom. The van der Waals surface area contributed by atoms with Gasteiger partial charge in [-0.15, -0.1) is 0 Å². The summed E-state index contributed by atoms with van der Waals surface area (Å²) >= 11 is 0. The van der Waals surface area contributed by atoms with E-state index in [1.165, 1.54) is 30.5 Å². The Kier molecular flexibility index (Phi) is 6.26. The van der Waals surface area contributed by atoms with Crippen molar-refractivity contribution in [2.75, 3.05) is 11.9 Å². The summed E-state index contributed by atoms with van der Waals surface area (Å²) in [6.45, 7) is 3.95. The van der Waals surface area contributed by atoms with Crippen LogP contribution < -0.4 is 15.4 Å². The van der Waals surface area contributed by atoms with Crippen LogP contribution in [0.15, 0.2) is 48.2 Å². The molecule has 29 heavy (non-hydrogen) atoms. The van der Waals surface area contributed by atoms with Crippen LogP contribution in [0.2, 0.25) is 0 Å². The number of nitrogens with one attached hydrogen (secondary N) is 2. The summed E-state index contributed by atoms with van der Waals surface area (Å²) in [5.74, 6) is -2.01. The molecular weight excluding hydrogens is 378 g/mol. The van der Waals surface area contributed by atoms with Crippen molar-refractivity contribution in [3.8, 4) is 5.75 Å². The fourth-order valence-electron chi connectivity index (χ4n) is 3.13. The van der Waals surface area contributed by atoms with E-state index in [1.54, 1.807) is 19.1 Å². The van der Waals surface area contributed by atoms with Crippen LogP contribution in [0, 0.1) is 18.6 Å². The quantitative estimate of drug-likeness (QED) is 0.764. The van der Waals surface area contributed by atoms with E-state index in [4.69, 9.17) is 4.74 Å². The van der Waals surface area contributed by atoms with Crippen LogP contribution in [0.3, 0.4) is 0 Å². The molecule has 0 saturated heterocycles. The molecule has 2 amide bonds. The maximum absolute atomic E-state index is 14.1. The Labute approximate surface area is 167 Å². The number of aryl methyl sites for hydroxylation is 1. The predicted molar refractivity (Wildman–Crippen MR) is 106 cm³/mol. The molecule has 1 aliphatic heterocycles. The molecule has 0 aliphatic carbocycles. The highest BCUT2D eigenvalue weighted by atomic mass is 19.1. The van der Waals surface area contributed by atoms with Crippen molar-refractivity contribution >= 4 is 17.5 Å². The fraction of sp³-hybridized carbons (Fsp3) is 0.273. The number of amides is 2. The van der Waals surface area contributed by atoms with Gasteiger partial charge in [-0.1, -0.05) is 19.1 Å². The first kappa shape index (κ1) is 20.5. The molecular formula is C22H22F2N2O3. The molecule has 0 bridgehead atoms. The molecule has 0 fully saturated rings. The summed E-state index contributed by atoms with van der Waals surface area (Å²) in [6.07, 6.45) is 2.15. The minimum Gasteiger partial charge on any atom is -0.490 e. The molecule has 0 saturated carbocycles. The Balaban J connectivity index is 1.86. The van der Waals surface area contributed by atoms with E-state index < -0.39 is 23.5 Å². The Bertz CT molecular complexity index is 955. The molecule has 1 heterocycles. The number of benzene rings is 2. The van der Waals surface area contributed by atoms with Crippen LogP contribution in [-0.2, 0) is 9.59 Å². The topological polar surface area (TPSA) is 67.4 Å². The number of carbonyl (C=O) groups is 2. The number of rotatable bonds is 6. The van der Waals surface area contributed by atoms with Gasteiger partial charge >= 0.3 is 0 Å². The van der Waals surface area contributed by atoms with Crippen molar-refractivity contribution in [1.29, 1.82) is 0 Å². The molecule has 152 valence electrons. The van der Waals surface area contributed by atoms with Gasteiger partial charge in [0, 0.05) is 35.9 Å². The van der Waals surface area contributed by atoms with Gasteiger partial charge < -0.3 is 15.4 Å². The lowest BCUT2D eigenvalue weighted by atomic mass is 9.86. The van der Waals surface area contributed by atoms with Crippen LogP contribution >= 0.6 is 0 Å². The zero-order chi connectivity index (χ0) is 21.0. The zero-order valence-corrected chi connectivity index (χ0v) is 16.2. The van der Waals surface area contributed by atoms with Crippen LogP contribution in [0.1, 0.15) is 36.8 Å². The number of hydrogen-bond acceptors (Lipinski definition) is 3. The number of hydrogen-bond donors (Lipinski definition) is 2. The monoisotopic (exact) mass is 400 g/mol. The summed E-state index contributed by atoms with van der Waals surface area (Å²) < 4.78 is 32.7. The van der Waals surface area contributed by atoms with Gasteiger partial charge in [-0.05, 0) is 42.7 Å². The van der Waals surface area contributed by atoms with Gasteiger partial charge in [-0.2, -0.15) is 0 Å². The third-order valence-corrected chi connectivity index (χ3v) is 4.68. The molecule has 5 nitrogen and oxygen atoms in total. The fourth-order valence-corrected chi connectivity index (χ4v) is 3.13. The lowest BCUT2D eigenvalue weighted by molar-refractivity contribution is -0.121. The maximum Gasteiger partial charge on any atom is 0.253 e. The van der Waals surface area contributed by atoms with Gasteiger partial charge in [-0.3, -0.25) is 9.59 Å². The van der Waals surface area contributed by atoms with E-state index in [9.17, 15) is 18.4 Å². The molecule has 2 N–H and O–H groups in total.